The van der Waals surface area contributed by atoms with Crippen LogP contribution in [0, 0.1) is 17.8 Å². The van der Waals surface area contributed by atoms with Crippen molar-refractivity contribution in [2.24, 2.45) is 17.8 Å². The highest BCUT2D eigenvalue weighted by Gasteiger charge is 2.53. The van der Waals surface area contributed by atoms with E-state index in [0.29, 0.717) is 28.7 Å². The number of hydrogen-bond donors (Lipinski definition) is 2. The summed E-state index contributed by atoms with van der Waals surface area (Å²) in [6.45, 7) is 1.60. The second kappa shape index (κ2) is 7.43. The molecule has 4 aliphatic rings. The molecule has 0 bridgehead atoms. The molecule has 8 heteroatoms. The first-order valence-corrected chi connectivity index (χ1v) is 10.8. The number of Topliss-reactive ketones (excluding diaryl/α,β-unsaturated/α-hetero) is 1. The van der Waals surface area contributed by atoms with Gasteiger partial charge in [0.2, 0.25) is 17.6 Å². The van der Waals surface area contributed by atoms with Crippen molar-refractivity contribution in [2.45, 2.75) is 25.7 Å². The minimum Gasteiger partial charge on any atom is -0.502 e. The lowest BCUT2D eigenvalue weighted by Gasteiger charge is -2.42. The van der Waals surface area contributed by atoms with Gasteiger partial charge in [0.15, 0.2) is 23.1 Å². The Morgan fingerprint density at radius 3 is 2.30 bits per heavy atom. The highest BCUT2D eigenvalue weighted by atomic mass is 16.5. The van der Waals surface area contributed by atoms with Gasteiger partial charge in [-0.1, -0.05) is 11.6 Å². The molecule has 4 atom stereocenters. The first-order chi connectivity index (χ1) is 15.8. The van der Waals surface area contributed by atoms with E-state index in [1.807, 2.05) is 6.08 Å². The number of ketones is 2. The van der Waals surface area contributed by atoms with Crippen LogP contribution in [0.15, 0.2) is 46.6 Å². The number of benzene rings is 1. The number of imide groups is 1. The fourth-order valence-electron chi connectivity index (χ4n) is 5.75. The fourth-order valence-corrected chi connectivity index (χ4v) is 5.75. The molecule has 1 aromatic carbocycles. The van der Waals surface area contributed by atoms with Gasteiger partial charge in [0, 0.05) is 22.6 Å². The third-order valence-corrected chi connectivity index (χ3v) is 7.24. The van der Waals surface area contributed by atoms with Crippen LogP contribution >= 0.6 is 0 Å². The maximum Gasteiger partial charge on any atom is 0.231 e. The summed E-state index contributed by atoms with van der Waals surface area (Å²) in [6, 6.07) is 3.23. The molecule has 0 aromatic heterocycles. The topological polar surface area (TPSA) is 119 Å². The lowest BCUT2D eigenvalue weighted by molar-refractivity contribution is -0.126. The number of phenols is 1. The van der Waals surface area contributed by atoms with Crippen molar-refractivity contribution >= 4 is 23.4 Å². The Morgan fingerprint density at radius 1 is 1.00 bits per heavy atom. The Morgan fingerprint density at radius 2 is 1.67 bits per heavy atom. The van der Waals surface area contributed by atoms with E-state index in [4.69, 9.17) is 9.47 Å². The number of ether oxygens (including phenoxy) is 2. The van der Waals surface area contributed by atoms with Crippen molar-refractivity contribution in [3.05, 3.63) is 52.1 Å². The number of carbonyl (C=O) groups excluding carboxylic acids is 4. The normalized spacial score (nSPS) is 28.5. The van der Waals surface area contributed by atoms with Gasteiger partial charge in [0.25, 0.3) is 0 Å². The second-order valence-corrected chi connectivity index (χ2v) is 8.86. The summed E-state index contributed by atoms with van der Waals surface area (Å²) < 4.78 is 10.6. The zero-order valence-electron chi connectivity index (χ0n) is 18.4. The summed E-state index contributed by atoms with van der Waals surface area (Å²) in [7, 11) is 2.82. The van der Waals surface area contributed by atoms with Crippen molar-refractivity contribution in [1.29, 1.82) is 0 Å². The van der Waals surface area contributed by atoms with Gasteiger partial charge in [-0.3, -0.25) is 24.5 Å². The van der Waals surface area contributed by atoms with Crippen LogP contribution in [0.2, 0.25) is 0 Å². The number of rotatable bonds is 3. The molecule has 4 unspecified atom stereocenters. The molecule has 0 saturated carbocycles. The highest BCUT2D eigenvalue weighted by molar-refractivity contribution is 6.23. The summed E-state index contributed by atoms with van der Waals surface area (Å²) >= 11 is 0. The van der Waals surface area contributed by atoms with Crippen LogP contribution in [0.25, 0.3) is 0 Å². The van der Waals surface area contributed by atoms with Gasteiger partial charge in [-0.05, 0) is 49.5 Å². The van der Waals surface area contributed by atoms with Gasteiger partial charge in [0.05, 0.1) is 26.1 Å². The minimum absolute atomic E-state index is 0.165. The molecule has 1 heterocycles. The third-order valence-electron chi connectivity index (χ3n) is 7.24. The Bertz CT molecular complexity index is 1210. The lowest BCUT2D eigenvalue weighted by atomic mass is 9.59. The van der Waals surface area contributed by atoms with Gasteiger partial charge in [-0.15, -0.1) is 0 Å². The van der Waals surface area contributed by atoms with Crippen LogP contribution in [-0.2, 0) is 19.2 Å². The highest BCUT2D eigenvalue weighted by Crippen LogP contribution is 2.55. The Balaban J connectivity index is 1.75. The molecule has 170 valence electrons. The van der Waals surface area contributed by atoms with E-state index in [1.165, 1.54) is 20.3 Å². The third kappa shape index (κ3) is 2.97. The SMILES string of the molecule is COc1cc(C2C3=CCC4C(=O)NC(=O)C4C3CC3=C2C(=O)C=C(C)C3=O)cc(OC)c1O. The molecule has 0 spiro atoms. The second-order valence-electron chi connectivity index (χ2n) is 8.86. The van der Waals surface area contributed by atoms with Crippen LogP contribution in [0.1, 0.15) is 31.2 Å². The summed E-state index contributed by atoms with van der Waals surface area (Å²) in [5.74, 6) is -3.07. The van der Waals surface area contributed by atoms with Crippen molar-refractivity contribution in [2.75, 3.05) is 14.2 Å². The fraction of sp³-hybridized carbons (Fsp3) is 0.360. The van der Waals surface area contributed by atoms with E-state index >= 15 is 0 Å². The molecular weight excluding hydrogens is 426 g/mol. The maximum atomic E-state index is 13.2. The first-order valence-electron chi connectivity index (χ1n) is 10.8. The number of carbonyl (C=O) groups is 4. The smallest absolute Gasteiger partial charge is 0.231 e. The van der Waals surface area contributed by atoms with Crippen molar-refractivity contribution in [3.63, 3.8) is 0 Å². The lowest BCUT2D eigenvalue weighted by Crippen LogP contribution is -2.39. The number of methoxy groups -OCH3 is 2. The largest absolute Gasteiger partial charge is 0.502 e. The molecule has 5 rings (SSSR count). The van der Waals surface area contributed by atoms with E-state index in [2.05, 4.69) is 5.32 Å². The van der Waals surface area contributed by atoms with E-state index in [-0.39, 0.29) is 47.1 Å². The monoisotopic (exact) mass is 449 g/mol. The molecular formula is C25H23NO7. The van der Waals surface area contributed by atoms with E-state index in [1.54, 1.807) is 19.1 Å². The standard InChI is InChI=1S/C25H23NO7/c1-10-6-16(27)21-15(22(10)28)9-14-12(4-5-13-20(14)25(31)26-24(13)30)19(21)11-7-17(32-2)23(29)18(8-11)33-3/h4,6-8,13-14,19-20,29H,5,9H2,1-3H3,(H,26,30,31). The average Bonchev–Trinajstić information content (AvgIpc) is 3.10. The Kier molecular flexibility index (Phi) is 4.77. The Hall–Kier alpha value is -3.68. The number of amides is 2. The van der Waals surface area contributed by atoms with Gasteiger partial charge in [-0.2, -0.15) is 0 Å². The number of phenolic OH excluding ortho intramolecular Hbond substituents is 1. The molecule has 2 amide bonds. The zero-order chi connectivity index (χ0) is 23.6. The zero-order valence-corrected chi connectivity index (χ0v) is 18.4. The van der Waals surface area contributed by atoms with E-state index in [0.717, 1.165) is 5.57 Å². The van der Waals surface area contributed by atoms with E-state index < -0.39 is 23.7 Å². The average molecular weight is 449 g/mol. The number of aromatic hydroxyl groups is 1. The number of allylic oxidation sites excluding steroid dienone is 6. The van der Waals surface area contributed by atoms with Crippen LogP contribution < -0.4 is 14.8 Å². The van der Waals surface area contributed by atoms with Crippen LogP contribution in [0.4, 0.5) is 0 Å². The maximum absolute atomic E-state index is 13.2. The van der Waals surface area contributed by atoms with E-state index in [9.17, 15) is 24.3 Å². The van der Waals surface area contributed by atoms with Gasteiger partial charge >= 0.3 is 0 Å². The summed E-state index contributed by atoms with van der Waals surface area (Å²) in [6.07, 6.45) is 3.87. The van der Waals surface area contributed by atoms with Crippen molar-refractivity contribution < 1.29 is 33.8 Å². The minimum atomic E-state index is -0.632. The first kappa shape index (κ1) is 21.2. The Labute approximate surface area is 189 Å². The van der Waals surface area contributed by atoms with Crippen LogP contribution in [0.5, 0.6) is 17.2 Å². The predicted octanol–water partition coefficient (Wildman–Crippen LogP) is 2.13. The summed E-state index contributed by atoms with van der Waals surface area (Å²) in [5, 5.41) is 12.8. The molecule has 3 aliphatic carbocycles. The molecule has 1 saturated heterocycles. The van der Waals surface area contributed by atoms with Crippen LogP contribution in [0.3, 0.4) is 0 Å². The molecule has 33 heavy (non-hydrogen) atoms. The van der Waals surface area contributed by atoms with Gasteiger partial charge in [0.1, 0.15) is 0 Å². The predicted molar refractivity (Wildman–Crippen MR) is 116 cm³/mol. The van der Waals surface area contributed by atoms with Gasteiger partial charge in [-0.25, -0.2) is 0 Å². The number of nitrogens with one attached hydrogen (secondary N) is 1. The summed E-state index contributed by atoms with van der Waals surface area (Å²) in [4.78, 5) is 51.4. The molecule has 1 aromatic rings. The molecule has 8 nitrogen and oxygen atoms in total. The van der Waals surface area contributed by atoms with Crippen LogP contribution in [-0.4, -0.2) is 42.7 Å². The molecule has 1 fully saturated rings. The summed E-state index contributed by atoms with van der Waals surface area (Å²) in [5.41, 5.74) is 2.52. The quantitative estimate of drug-likeness (QED) is 0.412. The number of hydrogen-bond acceptors (Lipinski definition) is 7. The number of fused-ring (bicyclic) bond motifs is 3. The van der Waals surface area contributed by atoms with Gasteiger partial charge < -0.3 is 14.6 Å². The van der Waals surface area contributed by atoms with Crippen molar-refractivity contribution in [3.8, 4) is 17.2 Å². The molecule has 1 aliphatic heterocycles. The van der Waals surface area contributed by atoms with Crippen molar-refractivity contribution in [1.82, 2.24) is 5.32 Å². The molecule has 2 N–H and O–H groups in total. The molecule has 0 radical (unpaired) electrons.